The van der Waals surface area contributed by atoms with E-state index >= 15 is 0 Å². The Morgan fingerprint density at radius 1 is 1.35 bits per heavy atom. The first kappa shape index (κ1) is 13.1. The predicted molar refractivity (Wildman–Crippen MR) is 78.7 cm³/mol. The number of benzene rings is 1. The van der Waals surface area contributed by atoms with Gasteiger partial charge in [0.05, 0.1) is 10.7 Å². The first-order valence-electron chi connectivity index (χ1n) is 5.46. The van der Waals surface area contributed by atoms with E-state index in [1.165, 1.54) is 0 Å². The molecule has 1 aromatic rings. The molecule has 5 heteroatoms. The Kier molecular flexibility index (Phi) is 4.23. The van der Waals surface area contributed by atoms with Crippen molar-refractivity contribution in [2.75, 3.05) is 17.6 Å². The molecule has 2 nitrogen and oxygen atoms in total. The van der Waals surface area contributed by atoms with E-state index in [1.54, 1.807) is 11.8 Å². The van der Waals surface area contributed by atoms with E-state index in [-0.39, 0.29) is 0 Å². The Labute approximate surface area is 116 Å². The topological polar surface area (TPSA) is 24.4 Å². The Morgan fingerprint density at radius 3 is 2.76 bits per heavy atom. The van der Waals surface area contributed by atoms with Gasteiger partial charge in [-0.1, -0.05) is 41.9 Å². The third kappa shape index (κ3) is 3.30. The van der Waals surface area contributed by atoms with Gasteiger partial charge in [0.2, 0.25) is 0 Å². The van der Waals surface area contributed by atoms with Gasteiger partial charge in [-0.25, -0.2) is 0 Å². The Morgan fingerprint density at radius 2 is 2.12 bits per heavy atom. The third-order valence-electron chi connectivity index (χ3n) is 2.54. The molecule has 0 spiro atoms. The number of anilines is 1. The molecule has 1 heterocycles. The summed E-state index contributed by atoms with van der Waals surface area (Å²) in [7, 11) is 0. The minimum Gasteiger partial charge on any atom is -0.334 e. The summed E-state index contributed by atoms with van der Waals surface area (Å²) in [5, 5.41) is 5.54. The molecule has 1 aliphatic heterocycles. The largest absolute Gasteiger partial charge is 0.334 e. The second kappa shape index (κ2) is 5.51. The lowest BCUT2D eigenvalue weighted by molar-refractivity contribution is 0.674. The Balaban J connectivity index is 2.16. The van der Waals surface area contributed by atoms with Gasteiger partial charge in [0, 0.05) is 17.3 Å². The maximum atomic E-state index is 6.16. The maximum Gasteiger partial charge on any atom is 0.161 e. The number of aryl methyl sites for hydroxylation is 1. The van der Waals surface area contributed by atoms with Crippen molar-refractivity contribution in [3.8, 4) is 0 Å². The van der Waals surface area contributed by atoms with E-state index in [9.17, 15) is 0 Å². The molecule has 0 amide bonds. The molecule has 92 valence electrons. The summed E-state index contributed by atoms with van der Waals surface area (Å²) < 4.78 is 0. The van der Waals surface area contributed by atoms with Gasteiger partial charge in [-0.3, -0.25) is 4.99 Å². The van der Waals surface area contributed by atoms with Crippen molar-refractivity contribution in [2.45, 2.75) is 13.8 Å². The van der Waals surface area contributed by atoms with Crippen molar-refractivity contribution >= 4 is 45.8 Å². The van der Waals surface area contributed by atoms with Gasteiger partial charge in [-0.2, -0.15) is 0 Å². The van der Waals surface area contributed by atoms with Crippen LogP contribution >= 0.6 is 35.0 Å². The highest BCUT2D eigenvalue weighted by Gasteiger charge is 2.13. The molecular formula is C12H14Cl2N2S. The SMILES string of the molecule is Cc1cc(Cl)c(NC2=NCC(C)CS2)cc1Cl. The molecule has 1 atom stereocenters. The molecule has 2 rings (SSSR count). The summed E-state index contributed by atoms with van der Waals surface area (Å²) in [4.78, 5) is 4.47. The smallest absolute Gasteiger partial charge is 0.161 e. The second-order valence-electron chi connectivity index (χ2n) is 4.27. The molecule has 0 bridgehead atoms. The number of nitrogens with zero attached hydrogens (tertiary/aromatic N) is 1. The number of rotatable bonds is 1. The first-order valence-corrected chi connectivity index (χ1v) is 7.20. The fourth-order valence-corrected chi connectivity index (χ4v) is 2.82. The lowest BCUT2D eigenvalue weighted by atomic mass is 10.2. The van der Waals surface area contributed by atoms with Gasteiger partial charge in [0.15, 0.2) is 5.17 Å². The highest BCUT2D eigenvalue weighted by atomic mass is 35.5. The fourth-order valence-electron chi connectivity index (χ4n) is 1.49. The number of thioether (sulfide) groups is 1. The van der Waals surface area contributed by atoms with Crippen LogP contribution in [0.3, 0.4) is 0 Å². The van der Waals surface area contributed by atoms with Crippen LogP contribution in [0.1, 0.15) is 12.5 Å². The summed E-state index contributed by atoms with van der Waals surface area (Å²) >= 11 is 14.0. The summed E-state index contributed by atoms with van der Waals surface area (Å²) in [5.74, 6) is 1.73. The summed E-state index contributed by atoms with van der Waals surface area (Å²) in [5.41, 5.74) is 1.80. The highest BCUT2D eigenvalue weighted by molar-refractivity contribution is 8.14. The molecule has 1 unspecified atom stereocenters. The van der Waals surface area contributed by atoms with E-state index in [4.69, 9.17) is 23.2 Å². The highest BCUT2D eigenvalue weighted by Crippen LogP contribution is 2.30. The van der Waals surface area contributed by atoms with Crippen LogP contribution in [0.2, 0.25) is 10.0 Å². The molecule has 0 saturated heterocycles. The van der Waals surface area contributed by atoms with Crippen molar-refractivity contribution < 1.29 is 0 Å². The van der Waals surface area contributed by atoms with Crippen LogP contribution in [-0.2, 0) is 0 Å². The molecule has 0 aromatic heterocycles. The van der Waals surface area contributed by atoms with Crippen LogP contribution in [-0.4, -0.2) is 17.5 Å². The molecule has 0 aliphatic carbocycles. The number of hydrogen-bond acceptors (Lipinski definition) is 3. The summed E-state index contributed by atoms with van der Waals surface area (Å²) in [6.45, 7) is 5.00. The monoisotopic (exact) mass is 288 g/mol. The van der Waals surface area contributed by atoms with E-state index in [0.717, 1.165) is 28.7 Å². The third-order valence-corrected chi connectivity index (χ3v) is 4.50. The predicted octanol–water partition coefficient (Wildman–Crippen LogP) is 4.45. The molecule has 1 aromatic carbocycles. The molecule has 0 fully saturated rings. The number of nitrogens with one attached hydrogen (secondary N) is 1. The van der Waals surface area contributed by atoms with Crippen molar-refractivity contribution in [3.63, 3.8) is 0 Å². The van der Waals surface area contributed by atoms with E-state index < -0.39 is 0 Å². The van der Waals surface area contributed by atoms with E-state index in [0.29, 0.717) is 16.0 Å². The zero-order valence-corrected chi connectivity index (χ0v) is 12.1. The molecule has 1 aliphatic rings. The fraction of sp³-hybridized carbons (Fsp3) is 0.417. The van der Waals surface area contributed by atoms with Crippen molar-refractivity contribution in [3.05, 3.63) is 27.7 Å². The summed E-state index contributed by atoms with van der Waals surface area (Å²) in [6, 6.07) is 3.71. The molecule has 0 saturated carbocycles. The number of amidine groups is 1. The second-order valence-corrected chi connectivity index (χ2v) is 6.09. The zero-order chi connectivity index (χ0) is 12.4. The maximum absolute atomic E-state index is 6.16. The first-order chi connectivity index (χ1) is 8.06. The van der Waals surface area contributed by atoms with Gasteiger partial charge in [-0.05, 0) is 30.5 Å². The van der Waals surface area contributed by atoms with Crippen LogP contribution in [0.4, 0.5) is 5.69 Å². The van der Waals surface area contributed by atoms with Gasteiger partial charge < -0.3 is 5.32 Å². The molecule has 17 heavy (non-hydrogen) atoms. The zero-order valence-electron chi connectivity index (χ0n) is 9.76. The molecule has 0 radical (unpaired) electrons. The average molecular weight is 289 g/mol. The van der Waals surface area contributed by atoms with Crippen molar-refractivity contribution in [2.24, 2.45) is 10.9 Å². The van der Waals surface area contributed by atoms with Crippen LogP contribution < -0.4 is 5.32 Å². The van der Waals surface area contributed by atoms with E-state index in [2.05, 4.69) is 17.2 Å². The van der Waals surface area contributed by atoms with Gasteiger partial charge in [-0.15, -0.1) is 0 Å². The minimum atomic E-state index is 0.641. The van der Waals surface area contributed by atoms with Crippen molar-refractivity contribution in [1.82, 2.24) is 0 Å². The van der Waals surface area contributed by atoms with Gasteiger partial charge >= 0.3 is 0 Å². The van der Waals surface area contributed by atoms with Crippen LogP contribution in [0.15, 0.2) is 17.1 Å². The van der Waals surface area contributed by atoms with Crippen LogP contribution in [0, 0.1) is 12.8 Å². The van der Waals surface area contributed by atoms with Crippen LogP contribution in [0.25, 0.3) is 0 Å². The molecule has 1 N–H and O–H groups in total. The van der Waals surface area contributed by atoms with Crippen molar-refractivity contribution in [1.29, 1.82) is 0 Å². The number of halogens is 2. The lowest BCUT2D eigenvalue weighted by Gasteiger charge is -2.18. The summed E-state index contributed by atoms with van der Waals surface area (Å²) in [6.07, 6.45) is 0. The number of aliphatic imine (C=N–C) groups is 1. The quantitative estimate of drug-likeness (QED) is 0.825. The average Bonchev–Trinajstić information content (AvgIpc) is 2.29. The lowest BCUT2D eigenvalue weighted by Crippen LogP contribution is -2.18. The standard InChI is InChI=1S/C12H14Cl2N2S/c1-7-5-15-12(17-6-7)16-11-4-9(13)8(2)3-10(11)14/h3-4,7H,5-6H2,1-2H3,(H,15,16). The van der Waals surface area contributed by atoms with Crippen LogP contribution in [0.5, 0.6) is 0 Å². The van der Waals surface area contributed by atoms with Gasteiger partial charge in [0.25, 0.3) is 0 Å². The molecular weight excluding hydrogens is 275 g/mol. The Hall–Kier alpha value is -0.380. The minimum absolute atomic E-state index is 0.641. The Bertz CT molecular complexity index is 460. The van der Waals surface area contributed by atoms with Gasteiger partial charge in [0.1, 0.15) is 0 Å². The number of hydrogen-bond donors (Lipinski definition) is 1. The van der Waals surface area contributed by atoms with E-state index in [1.807, 2.05) is 19.1 Å². The normalized spacial score (nSPS) is 20.0.